The summed E-state index contributed by atoms with van der Waals surface area (Å²) in [6.45, 7) is 4.98. The Morgan fingerprint density at radius 3 is 2.62 bits per heavy atom. The second kappa shape index (κ2) is 5.74. The average molecular weight is 278 g/mol. The normalized spacial score (nSPS) is 12.7. The molecule has 0 amide bonds. The van der Waals surface area contributed by atoms with Gasteiger partial charge in [0.25, 0.3) is 0 Å². The van der Waals surface area contributed by atoms with Gasteiger partial charge in [0.1, 0.15) is 0 Å². The summed E-state index contributed by atoms with van der Waals surface area (Å²) in [4.78, 5) is 3.35. The molecule has 108 valence electrons. The van der Waals surface area contributed by atoms with Gasteiger partial charge in [-0.05, 0) is 55.1 Å². The Bertz CT molecular complexity index is 755. The van der Waals surface area contributed by atoms with Crippen molar-refractivity contribution in [1.29, 1.82) is 0 Å². The van der Waals surface area contributed by atoms with E-state index in [0.717, 1.165) is 6.42 Å². The van der Waals surface area contributed by atoms with Crippen LogP contribution in [0.3, 0.4) is 0 Å². The van der Waals surface area contributed by atoms with Gasteiger partial charge in [-0.3, -0.25) is 0 Å². The molecule has 21 heavy (non-hydrogen) atoms. The Hall–Kier alpha value is -2.06. The molecule has 2 heteroatoms. The Morgan fingerprint density at radius 2 is 1.86 bits per heavy atom. The van der Waals surface area contributed by atoms with Crippen LogP contribution in [0.15, 0.2) is 48.7 Å². The Labute approximate surface area is 126 Å². The van der Waals surface area contributed by atoms with Crippen LogP contribution in [0.4, 0.5) is 0 Å². The van der Waals surface area contributed by atoms with Crippen LogP contribution in [0.5, 0.6) is 0 Å². The van der Waals surface area contributed by atoms with Gasteiger partial charge in [-0.1, -0.05) is 36.4 Å². The summed E-state index contributed by atoms with van der Waals surface area (Å²) in [5, 5.41) is 1.31. The van der Waals surface area contributed by atoms with Crippen molar-refractivity contribution in [1.82, 2.24) is 4.98 Å². The van der Waals surface area contributed by atoms with Crippen LogP contribution < -0.4 is 5.73 Å². The lowest BCUT2D eigenvalue weighted by Crippen LogP contribution is -2.15. The Balaban J connectivity index is 1.92. The molecule has 0 fully saturated rings. The zero-order valence-electron chi connectivity index (χ0n) is 12.7. The minimum atomic E-state index is 0.364. The van der Waals surface area contributed by atoms with Gasteiger partial charge in [-0.2, -0.15) is 0 Å². The van der Waals surface area contributed by atoms with Crippen molar-refractivity contribution in [2.75, 3.05) is 6.54 Å². The minimum Gasteiger partial charge on any atom is -0.361 e. The SMILES string of the molecule is Cc1ccc(C(CN)Cc2c[nH]c3ccccc23)cc1C. The number of fused-ring (bicyclic) bond motifs is 1. The van der Waals surface area contributed by atoms with Crippen LogP contribution in [-0.4, -0.2) is 11.5 Å². The van der Waals surface area contributed by atoms with E-state index in [1.165, 1.54) is 33.2 Å². The number of para-hydroxylation sites is 1. The number of aromatic amines is 1. The maximum absolute atomic E-state index is 6.04. The number of aryl methyl sites for hydroxylation is 2. The third-order valence-electron chi connectivity index (χ3n) is 4.43. The van der Waals surface area contributed by atoms with E-state index in [9.17, 15) is 0 Å². The second-order valence-electron chi connectivity index (χ2n) is 5.84. The molecule has 3 N–H and O–H groups in total. The van der Waals surface area contributed by atoms with E-state index in [1.807, 2.05) is 0 Å². The van der Waals surface area contributed by atoms with Gasteiger partial charge in [0, 0.05) is 23.0 Å². The molecule has 2 nitrogen and oxygen atoms in total. The fourth-order valence-electron chi connectivity index (χ4n) is 2.92. The van der Waals surface area contributed by atoms with E-state index in [0.29, 0.717) is 12.5 Å². The molecule has 3 rings (SSSR count). The molecular formula is C19H22N2. The number of rotatable bonds is 4. The number of nitrogens with two attached hydrogens (primary N) is 1. The predicted molar refractivity (Wildman–Crippen MR) is 89.7 cm³/mol. The molecule has 0 radical (unpaired) electrons. The molecule has 0 spiro atoms. The van der Waals surface area contributed by atoms with Crippen LogP contribution in [0.2, 0.25) is 0 Å². The second-order valence-corrected chi connectivity index (χ2v) is 5.84. The molecule has 0 aliphatic rings. The quantitative estimate of drug-likeness (QED) is 0.742. The number of benzene rings is 2. The molecule has 0 saturated carbocycles. The van der Waals surface area contributed by atoms with Crippen LogP contribution >= 0.6 is 0 Å². The first-order valence-corrected chi connectivity index (χ1v) is 7.51. The zero-order valence-corrected chi connectivity index (χ0v) is 12.7. The van der Waals surface area contributed by atoms with Gasteiger partial charge >= 0.3 is 0 Å². The lowest BCUT2D eigenvalue weighted by Gasteiger charge is -2.16. The summed E-state index contributed by atoms with van der Waals surface area (Å²) in [6.07, 6.45) is 3.09. The molecule has 1 unspecified atom stereocenters. The Kier molecular flexibility index (Phi) is 3.80. The predicted octanol–water partition coefficient (Wildman–Crippen LogP) is 4.07. The molecule has 0 aliphatic carbocycles. The van der Waals surface area contributed by atoms with E-state index in [4.69, 9.17) is 5.73 Å². The van der Waals surface area contributed by atoms with E-state index >= 15 is 0 Å². The summed E-state index contributed by atoms with van der Waals surface area (Å²) >= 11 is 0. The highest BCUT2D eigenvalue weighted by Gasteiger charge is 2.14. The van der Waals surface area contributed by atoms with E-state index in [1.54, 1.807) is 0 Å². The van der Waals surface area contributed by atoms with Gasteiger partial charge in [0.2, 0.25) is 0 Å². The topological polar surface area (TPSA) is 41.8 Å². The molecule has 0 bridgehead atoms. The molecule has 3 aromatic rings. The number of hydrogen-bond acceptors (Lipinski definition) is 1. The highest BCUT2D eigenvalue weighted by molar-refractivity contribution is 5.83. The number of nitrogens with one attached hydrogen (secondary N) is 1. The van der Waals surface area contributed by atoms with E-state index < -0.39 is 0 Å². The molecule has 1 aromatic heterocycles. The van der Waals surface area contributed by atoms with Gasteiger partial charge in [0.15, 0.2) is 0 Å². The van der Waals surface area contributed by atoms with Crippen molar-refractivity contribution < 1.29 is 0 Å². The first-order chi connectivity index (χ1) is 10.2. The smallest absolute Gasteiger partial charge is 0.0456 e. The summed E-state index contributed by atoms with van der Waals surface area (Å²) in [6, 6.07) is 15.1. The van der Waals surface area contributed by atoms with Crippen LogP contribution in [0.25, 0.3) is 10.9 Å². The first-order valence-electron chi connectivity index (χ1n) is 7.51. The van der Waals surface area contributed by atoms with Crippen molar-refractivity contribution in [3.63, 3.8) is 0 Å². The standard InChI is InChI=1S/C19H22N2/c1-13-7-8-15(9-14(13)2)16(11-20)10-17-12-21-19-6-4-3-5-18(17)19/h3-9,12,16,21H,10-11,20H2,1-2H3. The van der Waals surface area contributed by atoms with E-state index in [2.05, 4.69) is 67.5 Å². The summed E-state index contributed by atoms with van der Waals surface area (Å²) < 4.78 is 0. The molecule has 2 aromatic carbocycles. The maximum Gasteiger partial charge on any atom is 0.0456 e. The molecule has 0 aliphatic heterocycles. The van der Waals surface area contributed by atoms with Crippen molar-refractivity contribution in [3.05, 3.63) is 70.9 Å². The lowest BCUT2D eigenvalue weighted by molar-refractivity contribution is 0.696. The van der Waals surface area contributed by atoms with Gasteiger partial charge in [-0.15, -0.1) is 0 Å². The van der Waals surface area contributed by atoms with Crippen molar-refractivity contribution in [2.24, 2.45) is 5.73 Å². The third kappa shape index (κ3) is 2.72. The van der Waals surface area contributed by atoms with Crippen molar-refractivity contribution in [3.8, 4) is 0 Å². The maximum atomic E-state index is 6.04. The molecule has 1 atom stereocenters. The van der Waals surface area contributed by atoms with Gasteiger partial charge in [0.05, 0.1) is 0 Å². The Morgan fingerprint density at radius 1 is 1.05 bits per heavy atom. The highest BCUT2D eigenvalue weighted by Crippen LogP contribution is 2.26. The largest absolute Gasteiger partial charge is 0.361 e. The summed E-state index contributed by atoms with van der Waals surface area (Å²) in [5.74, 6) is 0.364. The minimum absolute atomic E-state index is 0.364. The van der Waals surface area contributed by atoms with Gasteiger partial charge < -0.3 is 10.7 Å². The van der Waals surface area contributed by atoms with Crippen LogP contribution in [-0.2, 0) is 6.42 Å². The average Bonchev–Trinajstić information content (AvgIpc) is 2.91. The van der Waals surface area contributed by atoms with E-state index in [-0.39, 0.29) is 0 Å². The monoisotopic (exact) mass is 278 g/mol. The number of aromatic nitrogens is 1. The molecule has 0 saturated heterocycles. The van der Waals surface area contributed by atoms with Crippen LogP contribution in [0, 0.1) is 13.8 Å². The first kappa shape index (κ1) is 13.9. The number of H-pyrrole nitrogens is 1. The highest BCUT2D eigenvalue weighted by atomic mass is 14.7. The lowest BCUT2D eigenvalue weighted by atomic mass is 9.90. The fraction of sp³-hybridized carbons (Fsp3) is 0.263. The zero-order chi connectivity index (χ0) is 14.8. The van der Waals surface area contributed by atoms with Crippen molar-refractivity contribution in [2.45, 2.75) is 26.2 Å². The fourth-order valence-corrected chi connectivity index (χ4v) is 2.92. The van der Waals surface area contributed by atoms with Crippen molar-refractivity contribution >= 4 is 10.9 Å². The summed E-state index contributed by atoms with van der Waals surface area (Å²) in [5.41, 5.74) is 12.6. The van der Waals surface area contributed by atoms with Gasteiger partial charge in [-0.25, -0.2) is 0 Å². The van der Waals surface area contributed by atoms with Crippen LogP contribution in [0.1, 0.15) is 28.2 Å². The molecule has 1 heterocycles. The third-order valence-corrected chi connectivity index (χ3v) is 4.43. The molecular weight excluding hydrogens is 256 g/mol. The summed E-state index contributed by atoms with van der Waals surface area (Å²) in [7, 11) is 0. The number of hydrogen-bond donors (Lipinski definition) is 2.